The molecule has 0 amide bonds. The van der Waals surface area contributed by atoms with Crippen LogP contribution in [0.25, 0.3) is 0 Å². The molecule has 0 saturated heterocycles. The molecule has 4 heteroatoms. The van der Waals surface area contributed by atoms with Crippen LogP contribution in [-0.2, 0) is 20.9 Å². The van der Waals surface area contributed by atoms with Crippen molar-refractivity contribution in [2.75, 3.05) is 6.54 Å². The van der Waals surface area contributed by atoms with Crippen LogP contribution >= 0.6 is 0 Å². The van der Waals surface area contributed by atoms with Crippen LogP contribution in [0.4, 0.5) is 0 Å². The van der Waals surface area contributed by atoms with Gasteiger partial charge in [-0.1, -0.05) is 52.8 Å². The van der Waals surface area contributed by atoms with E-state index in [1.807, 2.05) is 13.0 Å². The molecule has 1 aliphatic rings. The molecule has 1 aromatic rings. The molecule has 2 rings (SSSR count). The molecule has 124 valence electrons. The average Bonchev–Trinajstić information content (AvgIpc) is 2.43. The second kappa shape index (κ2) is 5.64. The van der Waals surface area contributed by atoms with Crippen molar-refractivity contribution in [2.45, 2.75) is 70.5 Å². The maximum absolute atomic E-state index is 12.3. The van der Waals surface area contributed by atoms with Crippen LogP contribution in [0.5, 0.6) is 0 Å². The first-order valence-electron chi connectivity index (χ1n) is 8.14. The molecule has 0 saturated carbocycles. The Labute approximate surface area is 135 Å². The van der Waals surface area contributed by atoms with E-state index in [1.54, 1.807) is 6.92 Å². The summed E-state index contributed by atoms with van der Waals surface area (Å²) in [4.78, 5) is 0. The van der Waals surface area contributed by atoms with Crippen molar-refractivity contribution >= 4 is 10.0 Å². The second-order valence-electron chi connectivity index (χ2n) is 7.76. The lowest BCUT2D eigenvalue weighted by Crippen LogP contribution is -2.34. The normalized spacial score (nSPS) is 21.2. The van der Waals surface area contributed by atoms with Crippen LogP contribution in [0, 0.1) is 0 Å². The number of sulfonamides is 1. The zero-order valence-electron chi connectivity index (χ0n) is 14.7. The van der Waals surface area contributed by atoms with E-state index in [0.717, 1.165) is 18.4 Å². The van der Waals surface area contributed by atoms with Crippen LogP contribution in [0.3, 0.4) is 0 Å². The Hall–Kier alpha value is -0.870. The van der Waals surface area contributed by atoms with E-state index < -0.39 is 15.3 Å². The number of hydrogen-bond donors (Lipinski definition) is 1. The summed E-state index contributed by atoms with van der Waals surface area (Å²) in [5.74, 6) is 0. The molecule has 0 radical (unpaired) electrons. The molecular formula is C18H29NO2S. The third-order valence-electron chi connectivity index (χ3n) is 5.16. The smallest absolute Gasteiger partial charge is 0.215 e. The Kier molecular flexibility index (Phi) is 4.48. The van der Waals surface area contributed by atoms with Gasteiger partial charge in [0.1, 0.15) is 0 Å². The van der Waals surface area contributed by atoms with Gasteiger partial charge in [-0.25, -0.2) is 13.1 Å². The fourth-order valence-electron chi connectivity index (χ4n) is 3.36. The molecule has 0 unspecified atom stereocenters. The largest absolute Gasteiger partial charge is 0.218 e. The summed E-state index contributed by atoms with van der Waals surface area (Å²) in [6, 6.07) is 6.25. The fraction of sp³-hybridized carbons (Fsp3) is 0.667. The molecular weight excluding hydrogens is 294 g/mol. The highest BCUT2D eigenvalue weighted by molar-refractivity contribution is 7.89. The highest BCUT2D eigenvalue weighted by Crippen LogP contribution is 2.46. The predicted octanol–water partition coefficient (Wildman–Crippen LogP) is 4.04. The van der Waals surface area contributed by atoms with E-state index in [0.29, 0.717) is 6.54 Å². The van der Waals surface area contributed by atoms with Crippen LogP contribution in [0.15, 0.2) is 18.2 Å². The van der Waals surface area contributed by atoms with Crippen molar-refractivity contribution in [1.29, 1.82) is 0 Å². The van der Waals surface area contributed by atoms with Gasteiger partial charge in [0.25, 0.3) is 0 Å². The standard InChI is InChI=1S/C18H29NO2S/c1-7-19-22(20,21)13(2)14-8-9-15-16(12-14)18(5,6)11-10-17(15,3)4/h8-9,12-13,19H,7,10-11H2,1-6H3/t13-/m1/s1. The van der Waals surface area contributed by atoms with Crippen molar-refractivity contribution in [1.82, 2.24) is 4.72 Å². The Morgan fingerprint density at radius 2 is 1.64 bits per heavy atom. The molecule has 0 aromatic heterocycles. The van der Waals surface area contributed by atoms with E-state index in [2.05, 4.69) is 44.5 Å². The minimum atomic E-state index is -3.31. The average molecular weight is 324 g/mol. The molecule has 0 fully saturated rings. The molecule has 1 aliphatic carbocycles. The second-order valence-corrected chi connectivity index (χ2v) is 9.84. The summed E-state index contributed by atoms with van der Waals surface area (Å²) in [6.07, 6.45) is 2.29. The van der Waals surface area contributed by atoms with Gasteiger partial charge in [0.05, 0.1) is 5.25 Å². The van der Waals surface area contributed by atoms with Crippen LogP contribution in [0.2, 0.25) is 0 Å². The maximum Gasteiger partial charge on any atom is 0.218 e. The molecule has 3 nitrogen and oxygen atoms in total. The van der Waals surface area contributed by atoms with Gasteiger partial charge in [0.15, 0.2) is 0 Å². The van der Waals surface area contributed by atoms with Gasteiger partial charge >= 0.3 is 0 Å². The van der Waals surface area contributed by atoms with E-state index in [1.165, 1.54) is 11.1 Å². The first-order chi connectivity index (χ1) is 10.0. The zero-order valence-corrected chi connectivity index (χ0v) is 15.5. The molecule has 0 heterocycles. The molecule has 0 bridgehead atoms. The van der Waals surface area contributed by atoms with Crippen molar-refractivity contribution in [3.05, 3.63) is 34.9 Å². The molecule has 1 atom stereocenters. The summed E-state index contributed by atoms with van der Waals surface area (Å²) >= 11 is 0. The van der Waals surface area contributed by atoms with Crippen molar-refractivity contribution in [2.24, 2.45) is 0 Å². The number of nitrogens with one attached hydrogen (secondary N) is 1. The maximum atomic E-state index is 12.3. The van der Waals surface area contributed by atoms with E-state index in [4.69, 9.17) is 0 Å². The van der Waals surface area contributed by atoms with Gasteiger partial charge in [-0.2, -0.15) is 0 Å². The van der Waals surface area contributed by atoms with E-state index in [9.17, 15) is 8.42 Å². The summed E-state index contributed by atoms with van der Waals surface area (Å²) in [5, 5.41) is -0.529. The van der Waals surface area contributed by atoms with Gasteiger partial charge < -0.3 is 0 Å². The van der Waals surface area contributed by atoms with Crippen molar-refractivity contribution < 1.29 is 8.42 Å². The monoisotopic (exact) mass is 323 g/mol. The Morgan fingerprint density at radius 3 is 2.18 bits per heavy atom. The number of rotatable bonds is 4. The number of benzene rings is 1. The highest BCUT2D eigenvalue weighted by Gasteiger charge is 2.37. The third kappa shape index (κ3) is 3.09. The topological polar surface area (TPSA) is 46.2 Å². The van der Waals surface area contributed by atoms with E-state index in [-0.39, 0.29) is 10.8 Å². The van der Waals surface area contributed by atoms with Crippen molar-refractivity contribution in [3.8, 4) is 0 Å². The first kappa shape index (κ1) is 17.5. The highest BCUT2D eigenvalue weighted by atomic mass is 32.2. The van der Waals surface area contributed by atoms with Crippen LogP contribution < -0.4 is 4.72 Å². The Bertz CT molecular complexity index is 660. The summed E-state index contributed by atoms with van der Waals surface area (Å²) in [5.41, 5.74) is 3.81. The minimum Gasteiger partial charge on any atom is -0.215 e. The third-order valence-corrected chi connectivity index (χ3v) is 7.05. The Morgan fingerprint density at radius 1 is 1.09 bits per heavy atom. The number of fused-ring (bicyclic) bond motifs is 1. The fourth-order valence-corrected chi connectivity index (χ4v) is 4.52. The summed E-state index contributed by atoms with van der Waals surface area (Å²) in [7, 11) is -3.31. The summed E-state index contributed by atoms with van der Waals surface area (Å²) < 4.78 is 27.2. The lowest BCUT2D eigenvalue weighted by Gasteiger charge is -2.42. The zero-order chi connectivity index (χ0) is 16.8. The SMILES string of the molecule is CCNS(=O)(=O)[C@H](C)c1ccc2c(c1)C(C)(C)CCC2(C)C. The summed E-state index contributed by atoms with van der Waals surface area (Å²) in [6.45, 7) is 13.1. The molecule has 22 heavy (non-hydrogen) atoms. The van der Waals surface area contributed by atoms with Crippen LogP contribution in [-0.4, -0.2) is 15.0 Å². The molecule has 0 spiro atoms. The lowest BCUT2D eigenvalue weighted by molar-refractivity contribution is 0.331. The van der Waals surface area contributed by atoms with Crippen LogP contribution in [0.1, 0.15) is 76.3 Å². The quantitative estimate of drug-likeness (QED) is 0.909. The Balaban J connectivity index is 2.51. The van der Waals surface area contributed by atoms with Gasteiger partial charge in [-0.3, -0.25) is 0 Å². The number of hydrogen-bond acceptors (Lipinski definition) is 2. The molecule has 1 aromatic carbocycles. The van der Waals surface area contributed by atoms with Gasteiger partial charge in [-0.05, 0) is 47.3 Å². The van der Waals surface area contributed by atoms with Crippen molar-refractivity contribution in [3.63, 3.8) is 0 Å². The van der Waals surface area contributed by atoms with Gasteiger partial charge in [0, 0.05) is 6.54 Å². The first-order valence-corrected chi connectivity index (χ1v) is 9.69. The van der Waals surface area contributed by atoms with Gasteiger partial charge in [0.2, 0.25) is 10.0 Å². The van der Waals surface area contributed by atoms with E-state index >= 15 is 0 Å². The minimum absolute atomic E-state index is 0.0997. The van der Waals surface area contributed by atoms with Gasteiger partial charge in [-0.15, -0.1) is 0 Å². The molecule has 1 N–H and O–H groups in total. The lowest BCUT2D eigenvalue weighted by atomic mass is 9.63. The predicted molar refractivity (Wildman–Crippen MR) is 92.7 cm³/mol. The molecule has 0 aliphatic heterocycles.